The molecule has 124 valence electrons. The van der Waals surface area contributed by atoms with Gasteiger partial charge in [-0.1, -0.05) is 17.8 Å². The molecule has 3 rings (SSSR count). The van der Waals surface area contributed by atoms with Crippen molar-refractivity contribution in [1.29, 1.82) is 0 Å². The lowest BCUT2D eigenvalue weighted by Gasteiger charge is -2.08. The molecule has 24 heavy (non-hydrogen) atoms. The Morgan fingerprint density at radius 3 is 2.96 bits per heavy atom. The number of halogens is 1. The first kappa shape index (κ1) is 16.7. The van der Waals surface area contributed by atoms with Crippen LogP contribution in [0.15, 0.2) is 39.6 Å². The van der Waals surface area contributed by atoms with E-state index >= 15 is 0 Å². The van der Waals surface area contributed by atoms with Crippen LogP contribution in [0.5, 0.6) is 0 Å². The summed E-state index contributed by atoms with van der Waals surface area (Å²) in [6.07, 6.45) is 0. The molecular weight excluding hydrogens is 349 g/mol. The molecule has 0 aliphatic rings. The number of nitrogens with zero attached hydrogens (tertiary/aromatic N) is 2. The van der Waals surface area contributed by atoms with Crippen molar-refractivity contribution in [1.82, 2.24) is 9.55 Å². The predicted molar refractivity (Wildman–Crippen MR) is 95.4 cm³/mol. The second kappa shape index (κ2) is 6.74. The van der Waals surface area contributed by atoms with E-state index in [0.717, 1.165) is 11.8 Å². The normalized spacial score (nSPS) is 11.0. The summed E-state index contributed by atoms with van der Waals surface area (Å²) >= 11 is 2.51. The molecule has 2 heterocycles. The third-order valence-corrected chi connectivity index (χ3v) is 5.36. The molecule has 1 aromatic carbocycles. The van der Waals surface area contributed by atoms with E-state index in [9.17, 15) is 14.0 Å². The van der Waals surface area contributed by atoms with Crippen molar-refractivity contribution < 1.29 is 9.18 Å². The predicted octanol–water partition coefficient (Wildman–Crippen LogP) is 3.17. The van der Waals surface area contributed by atoms with Crippen LogP contribution in [-0.2, 0) is 11.8 Å². The van der Waals surface area contributed by atoms with Gasteiger partial charge in [-0.2, -0.15) is 0 Å². The van der Waals surface area contributed by atoms with Crippen molar-refractivity contribution in [2.45, 2.75) is 12.1 Å². The molecule has 0 atom stereocenters. The Hall–Kier alpha value is -2.19. The summed E-state index contributed by atoms with van der Waals surface area (Å²) in [5.41, 5.74) is 1.43. The topological polar surface area (TPSA) is 64.0 Å². The molecule has 0 fully saturated rings. The highest BCUT2D eigenvalue weighted by Gasteiger charge is 2.12. The number of benzene rings is 1. The summed E-state index contributed by atoms with van der Waals surface area (Å²) in [5, 5.41) is 4.91. The third kappa shape index (κ3) is 3.34. The smallest absolute Gasteiger partial charge is 0.271 e. The van der Waals surface area contributed by atoms with E-state index in [4.69, 9.17) is 0 Å². The zero-order chi connectivity index (χ0) is 17.3. The number of carbonyl (C=O) groups excluding carboxylic acids is 1. The van der Waals surface area contributed by atoms with Crippen molar-refractivity contribution in [3.05, 3.63) is 51.4 Å². The van der Waals surface area contributed by atoms with Gasteiger partial charge in [0, 0.05) is 12.7 Å². The van der Waals surface area contributed by atoms with Crippen molar-refractivity contribution in [3.8, 4) is 0 Å². The summed E-state index contributed by atoms with van der Waals surface area (Å²) in [5.74, 6) is -0.582. The van der Waals surface area contributed by atoms with Gasteiger partial charge in [0.25, 0.3) is 5.56 Å². The fraction of sp³-hybridized carbons (Fsp3) is 0.188. The minimum absolute atomic E-state index is 0.0748. The van der Waals surface area contributed by atoms with Crippen molar-refractivity contribution in [2.24, 2.45) is 7.05 Å². The number of thiophene rings is 1. The molecule has 0 radical (unpaired) electrons. The number of carbonyl (C=O) groups is 1. The zero-order valence-corrected chi connectivity index (χ0v) is 14.6. The van der Waals surface area contributed by atoms with E-state index in [1.807, 2.05) is 5.38 Å². The highest BCUT2D eigenvalue weighted by Crippen LogP contribution is 2.20. The molecule has 8 heteroatoms. The zero-order valence-electron chi connectivity index (χ0n) is 13.0. The maximum absolute atomic E-state index is 13.5. The number of nitrogens with one attached hydrogen (secondary N) is 1. The van der Waals surface area contributed by atoms with Crippen LogP contribution in [0.1, 0.15) is 5.56 Å². The molecule has 2 aromatic heterocycles. The summed E-state index contributed by atoms with van der Waals surface area (Å²) in [6, 6.07) is 6.31. The van der Waals surface area contributed by atoms with Crippen LogP contribution >= 0.6 is 23.1 Å². The molecule has 0 spiro atoms. The van der Waals surface area contributed by atoms with Gasteiger partial charge in [0.15, 0.2) is 5.16 Å². The quantitative estimate of drug-likeness (QED) is 0.571. The average Bonchev–Trinajstić information content (AvgIpc) is 3.01. The summed E-state index contributed by atoms with van der Waals surface area (Å²) in [7, 11) is 1.63. The second-order valence-electron chi connectivity index (χ2n) is 5.19. The van der Waals surface area contributed by atoms with Crippen molar-refractivity contribution in [3.63, 3.8) is 0 Å². The Labute approximate surface area is 145 Å². The van der Waals surface area contributed by atoms with Crippen LogP contribution in [0.2, 0.25) is 0 Å². The maximum Gasteiger partial charge on any atom is 0.271 e. The van der Waals surface area contributed by atoms with Crippen LogP contribution in [0.25, 0.3) is 10.2 Å². The van der Waals surface area contributed by atoms with Gasteiger partial charge in [0.1, 0.15) is 10.5 Å². The monoisotopic (exact) mass is 363 g/mol. The third-order valence-electron chi connectivity index (χ3n) is 3.43. The van der Waals surface area contributed by atoms with Crippen LogP contribution in [0.3, 0.4) is 0 Å². The number of aryl methyl sites for hydroxylation is 1. The van der Waals surface area contributed by atoms with Gasteiger partial charge < -0.3 is 5.32 Å². The van der Waals surface area contributed by atoms with Crippen molar-refractivity contribution >= 4 is 44.9 Å². The maximum atomic E-state index is 13.5. The first-order valence-electron chi connectivity index (χ1n) is 7.09. The number of hydrogen-bond acceptors (Lipinski definition) is 5. The van der Waals surface area contributed by atoms with Gasteiger partial charge in [-0.3, -0.25) is 14.2 Å². The van der Waals surface area contributed by atoms with Crippen LogP contribution < -0.4 is 10.9 Å². The molecule has 0 saturated carbocycles. The van der Waals surface area contributed by atoms with Gasteiger partial charge in [0.05, 0.1) is 11.3 Å². The van der Waals surface area contributed by atoms with Gasteiger partial charge in [-0.25, -0.2) is 9.37 Å². The Bertz CT molecular complexity index is 981. The lowest BCUT2D eigenvalue weighted by molar-refractivity contribution is -0.113. The Morgan fingerprint density at radius 2 is 2.21 bits per heavy atom. The molecular formula is C16H14FN3O2S2. The minimum atomic E-state index is -0.368. The van der Waals surface area contributed by atoms with Gasteiger partial charge in [0.2, 0.25) is 5.91 Å². The summed E-state index contributed by atoms with van der Waals surface area (Å²) < 4.78 is 15.5. The van der Waals surface area contributed by atoms with Gasteiger partial charge in [-0.05, 0) is 36.1 Å². The SMILES string of the molecule is Cc1ccc(NC(=O)CSc2nc3ccsc3c(=O)n2C)cc1F. The molecule has 1 amide bonds. The number of hydrogen-bond donors (Lipinski definition) is 1. The first-order chi connectivity index (χ1) is 11.5. The Morgan fingerprint density at radius 1 is 1.42 bits per heavy atom. The molecule has 0 aliphatic heterocycles. The standard InChI is InChI=1S/C16H14FN3O2S2/c1-9-3-4-10(7-11(9)17)18-13(21)8-24-16-19-12-5-6-23-14(12)15(22)20(16)2/h3-7H,8H2,1-2H3,(H,18,21). The van der Waals surface area contributed by atoms with E-state index in [1.165, 1.54) is 22.0 Å². The molecule has 1 N–H and O–H groups in total. The van der Waals surface area contributed by atoms with Crippen LogP contribution in [-0.4, -0.2) is 21.2 Å². The van der Waals surface area contributed by atoms with E-state index in [0.29, 0.717) is 26.6 Å². The fourth-order valence-electron chi connectivity index (χ4n) is 2.09. The average molecular weight is 363 g/mol. The molecule has 0 unspecified atom stereocenters. The summed E-state index contributed by atoms with van der Waals surface area (Å²) in [6.45, 7) is 1.66. The summed E-state index contributed by atoms with van der Waals surface area (Å²) in [4.78, 5) is 28.6. The minimum Gasteiger partial charge on any atom is -0.325 e. The van der Waals surface area contributed by atoms with E-state index < -0.39 is 0 Å². The highest BCUT2D eigenvalue weighted by atomic mass is 32.2. The largest absolute Gasteiger partial charge is 0.325 e. The van der Waals surface area contributed by atoms with Crippen LogP contribution in [0, 0.1) is 12.7 Å². The number of rotatable bonds is 4. The molecule has 5 nitrogen and oxygen atoms in total. The number of fused-ring (bicyclic) bond motifs is 1. The van der Waals surface area contributed by atoms with E-state index in [1.54, 1.807) is 32.2 Å². The molecule has 0 saturated heterocycles. The molecule has 3 aromatic rings. The van der Waals surface area contributed by atoms with Crippen LogP contribution in [0.4, 0.5) is 10.1 Å². The number of aromatic nitrogens is 2. The lowest BCUT2D eigenvalue weighted by Crippen LogP contribution is -2.20. The number of thioether (sulfide) groups is 1. The molecule has 0 aliphatic carbocycles. The lowest BCUT2D eigenvalue weighted by atomic mass is 10.2. The second-order valence-corrected chi connectivity index (χ2v) is 7.05. The van der Waals surface area contributed by atoms with Gasteiger partial charge in [-0.15, -0.1) is 11.3 Å². The van der Waals surface area contributed by atoms with Crippen molar-refractivity contribution in [2.75, 3.05) is 11.1 Å². The fourth-order valence-corrected chi connectivity index (χ4v) is 3.67. The Balaban J connectivity index is 1.71. The van der Waals surface area contributed by atoms with E-state index in [-0.39, 0.29) is 23.0 Å². The van der Waals surface area contributed by atoms with E-state index in [2.05, 4.69) is 10.3 Å². The first-order valence-corrected chi connectivity index (χ1v) is 8.95. The molecule has 0 bridgehead atoms. The van der Waals surface area contributed by atoms with Gasteiger partial charge >= 0.3 is 0 Å². The number of amides is 1. The number of anilines is 1. The highest BCUT2D eigenvalue weighted by molar-refractivity contribution is 7.99. The Kier molecular flexibility index (Phi) is 4.68.